The first-order valence-electron chi connectivity index (χ1n) is 7.46. The number of hydrogen-bond acceptors (Lipinski definition) is 5. The predicted octanol–water partition coefficient (Wildman–Crippen LogP) is 2.68. The molecule has 1 aromatic carbocycles. The van der Waals surface area contributed by atoms with Crippen molar-refractivity contribution in [1.29, 1.82) is 0 Å². The summed E-state index contributed by atoms with van der Waals surface area (Å²) in [5, 5.41) is 5.17. The summed E-state index contributed by atoms with van der Waals surface area (Å²) in [5.74, 6) is -0.204. The minimum absolute atomic E-state index is 0.332. The summed E-state index contributed by atoms with van der Waals surface area (Å²) in [6, 6.07) is 8.97. The van der Waals surface area contributed by atoms with E-state index in [9.17, 15) is 9.59 Å². The van der Waals surface area contributed by atoms with Crippen LogP contribution in [0.2, 0.25) is 0 Å². The molecule has 0 saturated carbocycles. The number of anilines is 1. The maximum Gasteiger partial charge on any atom is 0.333 e. The molecule has 0 saturated heterocycles. The second-order valence-electron chi connectivity index (χ2n) is 6.07. The fraction of sp³-hybridized carbons (Fsp3) is 0.294. The summed E-state index contributed by atoms with van der Waals surface area (Å²) in [6.45, 7) is 5.32. The quantitative estimate of drug-likeness (QED) is 0.842. The van der Waals surface area contributed by atoms with Crippen LogP contribution in [0.5, 0.6) is 0 Å². The van der Waals surface area contributed by atoms with E-state index < -0.39 is 23.6 Å². The highest BCUT2D eigenvalue weighted by Crippen LogP contribution is 2.18. The highest BCUT2D eigenvalue weighted by molar-refractivity contribution is 5.92. The number of urea groups is 1. The second-order valence-corrected chi connectivity index (χ2v) is 6.07. The smallest absolute Gasteiger partial charge is 0.333 e. The number of nitrogens with one attached hydrogen (secondary N) is 2. The molecule has 7 nitrogen and oxygen atoms in total. The number of esters is 1. The third-order valence-electron chi connectivity index (χ3n) is 2.87. The largest absolute Gasteiger partial charge is 0.458 e. The van der Waals surface area contributed by atoms with Gasteiger partial charge in [-0.25, -0.2) is 19.6 Å². The van der Waals surface area contributed by atoms with E-state index in [1.807, 2.05) is 6.07 Å². The van der Waals surface area contributed by atoms with Crippen LogP contribution in [0, 0.1) is 0 Å². The van der Waals surface area contributed by atoms with Crippen molar-refractivity contribution in [3.05, 3.63) is 54.5 Å². The normalized spacial score (nSPS) is 12.1. The van der Waals surface area contributed by atoms with Crippen LogP contribution in [0.1, 0.15) is 32.4 Å². The van der Waals surface area contributed by atoms with Crippen molar-refractivity contribution in [3.8, 4) is 0 Å². The Kier molecular flexibility index (Phi) is 5.47. The summed E-state index contributed by atoms with van der Waals surface area (Å²) >= 11 is 0. The fourth-order valence-corrected chi connectivity index (χ4v) is 1.93. The van der Waals surface area contributed by atoms with Crippen molar-refractivity contribution in [1.82, 2.24) is 15.3 Å². The summed E-state index contributed by atoms with van der Waals surface area (Å²) in [7, 11) is 0. The predicted molar refractivity (Wildman–Crippen MR) is 89.2 cm³/mol. The molecule has 1 aromatic heterocycles. The minimum Gasteiger partial charge on any atom is -0.458 e. The van der Waals surface area contributed by atoms with Gasteiger partial charge in [-0.1, -0.05) is 30.3 Å². The lowest BCUT2D eigenvalue weighted by molar-refractivity contribution is -0.157. The van der Waals surface area contributed by atoms with E-state index in [4.69, 9.17) is 4.74 Å². The molecule has 0 spiro atoms. The van der Waals surface area contributed by atoms with Crippen molar-refractivity contribution in [3.63, 3.8) is 0 Å². The lowest BCUT2D eigenvalue weighted by Crippen LogP contribution is -2.40. The summed E-state index contributed by atoms with van der Waals surface area (Å²) in [5.41, 5.74) is -0.0286. The van der Waals surface area contributed by atoms with Gasteiger partial charge in [-0.05, 0) is 32.4 Å². The molecule has 0 aliphatic heterocycles. The highest BCUT2D eigenvalue weighted by Gasteiger charge is 2.28. The summed E-state index contributed by atoms with van der Waals surface area (Å²) < 4.78 is 5.40. The molecule has 0 radical (unpaired) electrons. The average Bonchev–Trinajstić information content (AvgIpc) is 2.52. The van der Waals surface area contributed by atoms with Crippen molar-refractivity contribution >= 4 is 17.8 Å². The molecule has 2 amide bonds. The van der Waals surface area contributed by atoms with Gasteiger partial charge in [0.1, 0.15) is 17.7 Å². The number of ether oxygens (including phenoxy) is 1. The highest BCUT2D eigenvalue weighted by atomic mass is 16.6. The van der Waals surface area contributed by atoms with Gasteiger partial charge in [0.15, 0.2) is 6.04 Å². The Balaban J connectivity index is 2.14. The van der Waals surface area contributed by atoms with Gasteiger partial charge >= 0.3 is 12.0 Å². The molecule has 2 N–H and O–H groups in total. The van der Waals surface area contributed by atoms with Crippen LogP contribution >= 0.6 is 0 Å². The van der Waals surface area contributed by atoms with Crippen LogP contribution in [-0.4, -0.2) is 27.6 Å². The van der Waals surface area contributed by atoms with Crippen LogP contribution in [0.4, 0.5) is 10.6 Å². The van der Waals surface area contributed by atoms with Crippen molar-refractivity contribution < 1.29 is 14.3 Å². The van der Waals surface area contributed by atoms with Crippen LogP contribution in [-0.2, 0) is 9.53 Å². The van der Waals surface area contributed by atoms with Gasteiger partial charge in [-0.3, -0.25) is 5.32 Å². The first kappa shape index (κ1) is 17.4. The van der Waals surface area contributed by atoms with Crippen molar-refractivity contribution in [2.75, 3.05) is 5.32 Å². The van der Waals surface area contributed by atoms with E-state index in [-0.39, 0.29) is 0 Å². The zero-order chi connectivity index (χ0) is 17.6. The van der Waals surface area contributed by atoms with Crippen molar-refractivity contribution in [2.45, 2.75) is 32.4 Å². The molecule has 0 bridgehead atoms. The van der Waals surface area contributed by atoms with E-state index in [0.717, 1.165) is 0 Å². The Morgan fingerprint density at radius 2 is 1.83 bits per heavy atom. The zero-order valence-corrected chi connectivity index (χ0v) is 13.8. The van der Waals surface area contributed by atoms with Crippen LogP contribution in [0.15, 0.2) is 48.9 Å². The maximum atomic E-state index is 12.5. The molecule has 0 aliphatic rings. The van der Waals surface area contributed by atoms with E-state index in [0.29, 0.717) is 11.4 Å². The van der Waals surface area contributed by atoms with Gasteiger partial charge in [0.05, 0.1) is 0 Å². The molecule has 1 heterocycles. The molecule has 1 atom stereocenters. The lowest BCUT2D eigenvalue weighted by Gasteiger charge is -2.24. The van der Waals surface area contributed by atoms with E-state index in [1.165, 1.54) is 12.5 Å². The molecule has 7 heteroatoms. The third-order valence-corrected chi connectivity index (χ3v) is 2.87. The lowest BCUT2D eigenvalue weighted by atomic mass is 10.1. The second kappa shape index (κ2) is 7.54. The fourth-order valence-electron chi connectivity index (χ4n) is 1.93. The van der Waals surface area contributed by atoms with Gasteiger partial charge in [-0.2, -0.15) is 0 Å². The Hall–Kier alpha value is -2.96. The number of hydrogen-bond donors (Lipinski definition) is 2. The molecule has 0 fully saturated rings. The van der Waals surface area contributed by atoms with Crippen LogP contribution in [0.25, 0.3) is 0 Å². The van der Waals surface area contributed by atoms with Crippen LogP contribution < -0.4 is 10.6 Å². The maximum absolute atomic E-state index is 12.5. The topological polar surface area (TPSA) is 93.2 Å². The zero-order valence-electron chi connectivity index (χ0n) is 13.8. The monoisotopic (exact) mass is 328 g/mol. The summed E-state index contributed by atoms with van der Waals surface area (Å²) in [4.78, 5) is 32.3. The standard InChI is InChI=1S/C17H20N4O3/c1-17(2,3)24-15(22)14(12-7-5-4-6-8-12)21-16(23)20-13-9-10-18-11-19-13/h4-11,14H,1-3H3,(H2,18,19,20,21,23)/t14-/m0/s1. The molecule has 0 aliphatic carbocycles. The number of carbonyl (C=O) groups excluding carboxylic acids is 2. The Morgan fingerprint density at radius 3 is 2.42 bits per heavy atom. The van der Waals surface area contributed by atoms with E-state index in [2.05, 4.69) is 20.6 Å². The number of benzene rings is 1. The molecular weight excluding hydrogens is 308 g/mol. The van der Waals surface area contributed by atoms with Gasteiger partial charge in [0.2, 0.25) is 0 Å². The molecule has 126 valence electrons. The van der Waals surface area contributed by atoms with Gasteiger partial charge in [0, 0.05) is 6.20 Å². The minimum atomic E-state index is -0.924. The van der Waals surface area contributed by atoms with Gasteiger partial charge in [-0.15, -0.1) is 0 Å². The SMILES string of the molecule is CC(C)(C)OC(=O)[C@@H](NC(=O)Nc1ccncn1)c1ccccc1. The van der Waals surface area contributed by atoms with E-state index >= 15 is 0 Å². The Morgan fingerprint density at radius 1 is 1.12 bits per heavy atom. The van der Waals surface area contributed by atoms with Gasteiger partial charge < -0.3 is 10.1 Å². The molecule has 24 heavy (non-hydrogen) atoms. The first-order chi connectivity index (χ1) is 11.3. The van der Waals surface area contributed by atoms with E-state index in [1.54, 1.807) is 51.1 Å². The average molecular weight is 328 g/mol. The Labute approximate surface area is 140 Å². The van der Waals surface area contributed by atoms with Crippen LogP contribution in [0.3, 0.4) is 0 Å². The number of carbonyl (C=O) groups is 2. The first-order valence-corrected chi connectivity index (χ1v) is 7.46. The number of aromatic nitrogens is 2. The summed E-state index contributed by atoms with van der Waals surface area (Å²) in [6.07, 6.45) is 2.82. The molecular formula is C17H20N4O3. The molecule has 2 rings (SSSR count). The molecule has 2 aromatic rings. The Bertz CT molecular complexity index is 684. The van der Waals surface area contributed by atoms with Crippen molar-refractivity contribution in [2.24, 2.45) is 0 Å². The number of nitrogens with zero attached hydrogens (tertiary/aromatic N) is 2. The third kappa shape index (κ3) is 5.35. The number of amides is 2. The number of rotatable bonds is 4. The molecule has 0 unspecified atom stereocenters. The van der Waals surface area contributed by atoms with Gasteiger partial charge in [0.25, 0.3) is 0 Å².